The summed E-state index contributed by atoms with van der Waals surface area (Å²) in [5.74, 6) is 0.214. The van der Waals surface area contributed by atoms with E-state index in [-0.39, 0.29) is 30.6 Å². The van der Waals surface area contributed by atoms with Crippen LogP contribution in [-0.2, 0) is 16.0 Å². The lowest BCUT2D eigenvalue weighted by atomic mass is 10.1. The number of aryl methyl sites for hydroxylation is 1. The number of benzene rings is 1. The first-order chi connectivity index (χ1) is 11.1. The van der Waals surface area contributed by atoms with Crippen molar-refractivity contribution in [2.45, 2.75) is 19.8 Å². The molecule has 0 spiro atoms. The average molecular weight is 318 g/mol. The minimum Gasteiger partial charge on any atom is -0.461 e. The van der Waals surface area contributed by atoms with Gasteiger partial charge < -0.3 is 15.1 Å². The number of amides is 2. The zero-order valence-electron chi connectivity index (χ0n) is 12.9. The van der Waals surface area contributed by atoms with Crippen LogP contribution in [0.4, 0.5) is 4.39 Å². The Bertz CT molecular complexity index is 682. The van der Waals surface area contributed by atoms with Gasteiger partial charge in [0.2, 0.25) is 11.8 Å². The molecule has 6 heteroatoms. The molecule has 0 radical (unpaired) electrons. The Morgan fingerprint density at radius 2 is 1.87 bits per heavy atom. The van der Waals surface area contributed by atoms with E-state index in [0.29, 0.717) is 30.0 Å². The second kappa shape index (κ2) is 8.12. The van der Waals surface area contributed by atoms with Crippen LogP contribution in [0.1, 0.15) is 19.1 Å². The molecule has 0 aliphatic carbocycles. The largest absolute Gasteiger partial charge is 0.461 e. The number of likely N-dealkylation sites (N-methyl/N-ethyl adjacent to an activating group) is 1. The molecule has 2 rings (SSSR count). The van der Waals surface area contributed by atoms with Crippen molar-refractivity contribution in [3.05, 3.63) is 48.0 Å². The van der Waals surface area contributed by atoms with Gasteiger partial charge in [0.15, 0.2) is 0 Å². The molecule has 2 aromatic rings. The number of hydrogen-bond acceptors (Lipinski definition) is 3. The molecule has 2 amide bonds. The van der Waals surface area contributed by atoms with E-state index in [1.165, 1.54) is 6.07 Å². The maximum atomic E-state index is 13.7. The average Bonchev–Trinajstić information content (AvgIpc) is 3.00. The summed E-state index contributed by atoms with van der Waals surface area (Å²) >= 11 is 0. The van der Waals surface area contributed by atoms with Crippen molar-refractivity contribution in [1.82, 2.24) is 10.6 Å². The smallest absolute Gasteiger partial charge is 0.239 e. The van der Waals surface area contributed by atoms with Gasteiger partial charge in [-0.1, -0.05) is 12.1 Å². The highest BCUT2D eigenvalue weighted by molar-refractivity contribution is 5.84. The molecule has 1 aromatic heterocycles. The Labute approximate surface area is 133 Å². The number of furan rings is 1. The summed E-state index contributed by atoms with van der Waals surface area (Å²) in [6.45, 7) is 2.30. The molecule has 0 bridgehead atoms. The van der Waals surface area contributed by atoms with Crippen LogP contribution >= 0.6 is 0 Å². The van der Waals surface area contributed by atoms with Gasteiger partial charge in [0.25, 0.3) is 0 Å². The number of carbonyl (C=O) groups is 2. The first-order valence-corrected chi connectivity index (χ1v) is 7.47. The van der Waals surface area contributed by atoms with E-state index in [0.717, 1.165) is 0 Å². The lowest BCUT2D eigenvalue weighted by Gasteiger charge is -2.04. The molecule has 5 nitrogen and oxygen atoms in total. The van der Waals surface area contributed by atoms with E-state index < -0.39 is 0 Å². The summed E-state index contributed by atoms with van der Waals surface area (Å²) < 4.78 is 19.2. The third-order valence-corrected chi connectivity index (χ3v) is 3.22. The van der Waals surface area contributed by atoms with Crippen LogP contribution in [0.25, 0.3) is 11.3 Å². The molecule has 0 fully saturated rings. The minimum absolute atomic E-state index is 0.0364. The van der Waals surface area contributed by atoms with Gasteiger partial charge in [0, 0.05) is 19.4 Å². The molecular formula is C17H19FN2O3. The summed E-state index contributed by atoms with van der Waals surface area (Å²) in [6, 6.07) is 9.75. The Balaban J connectivity index is 1.84. The molecule has 0 saturated carbocycles. The van der Waals surface area contributed by atoms with Crippen LogP contribution in [-0.4, -0.2) is 24.9 Å². The van der Waals surface area contributed by atoms with Crippen LogP contribution in [0.2, 0.25) is 0 Å². The molecule has 0 unspecified atom stereocenters. The predicted octanol–water partition coefficient (Wildman–Crippen LogP) is 2.27. The van der Waals surface area contributed by atoms with Crippen molar-refractivity contribution in [1.29, 1.82) is 0 Å². The maximum Gasteiger partial charge on any atom is 0.239 e. The Morgan fingerprint density at radius 3 is 2.61 bits per heavy atom. The fourth-order valence-corrected chi connectivity index (χ4v) is 2.08. The molecule has 0 saturated heterocycles. The summed E-state index contributed by atoms with van der Waals surface area (Å²) in [4.78, 5) is 22.9. The van der Waals surface area contributed by atoms with Crippen molar-refractivity contribution in [2.24, 2.45) is 0 Å². The fraction of sp³-hybridized carbons (Fsp3) is 0.294. The van der Waals surface area contributed by atoms with Crippen LogP contribution < -0.4 is 10.6 Å². The first-order valence-electron chi connectivity index (χ1n) is 7.47. The van der Waals surface area contributed by atoms with Crippen LogP contribution in [0.15, 0.2) is 40.8 Å². The van der Waals surface area contributed by atoms with E-state index in [1.54, 1.807) is 30.3 Å². The highest BCUT2D eigenvalue weighted by Crippen LogP contribution is 2.25. The van der Waals surface area contributed by atoms with Gasteiger partial charge in [-0.25, -0.2) is 4.39 Å². The second-order valence-corrected chi connectivity index (χ2v) is 4.98. The number of halogens is 1. The highest BCUT2D eigenvalue weighted by Gasteiger charge is 2.11. The summed E-state index contributed by atoms with van der Waals surface area (Å²) in [7, 11) is 0. The molecular weight excluding hydrogens is 299 g/mol. The lowest BCUT2D eigenvalue weighted by molar-refractivity contribution is -0.126. The molecule has 122 valence electrons. The number of hydrogen-bond donors (Lipinski definition) is 2. The topological polar surface area (TPSA) is 71.3 Å². The monoisotopic (exact) mass is 318 g/mol. The molecule has 0 aliphatic heterocycles. The highest BCUT2D eigenvalue weighted by atomic mass is 19.1. The Morgan fingerprint density at radius 1 is 1.09 bits per heavy atom. The van der Waals surface area contributed by atoms with E-state index in [2.05, 4.69) is 10.6 Å². The van der Waals surface area contributed by atoms with Gasteiger partial charge in [0.05, 0.1) is 12.1 Å². The predicted molar refractivity (Wildman–Crippen MR) is 84.1 cm³/mol. The van der Waals surface area contributed by atoms with Gasteiger partial charge in [0.1, 0.15) is 17.3 Å². The summed E-state index contributed by atoms with van der Waals surface area (Å²) in [5, 5.41) is 5.13. The lowest BCUT2D eigenvalue weighted by Crippen LogP contribution is -2.36. The first kappa shape index (κ1) is 16.7. The van der Waals surface area contributed by atoms with Gasteiger partial charge in [-0.3, -0.25) is 9.59 Å². The second-order valence-electron chi connectivity index (χ2n) is 4.98. The quantitative estimate of drug-likeness (QED) is 0.822. The number of nitrogens with one attached hydrogen (secondary N) is 2. The zero-order chi connectivity index (χ0) is 16.7. The van der Waals surface area contributed by atoms with Crippen LogP contribution in [0.3, 0.4) is 0 Å². The van der Waals surface area contributed by atoms with Crippen molar-refractivity contribution in [2.75, 3.05) is 13.1 Å². The molecule has 1 heterocycles. The molecule has 0 aliphatic rings. The van der Waals surface area contributed by atoms with Crippen molar-refractivity contribution < 1.29 is 18.4 Å². The van der Waals surface area contributed by atoms with Gasteiger partial charge >= 0.3 is 0 Å². The Hall–Kier alpha value is -2.63. The maximum absolute atomic E-state index is 13.7. The third kappa shape index (κ3) is 4.95. The van der Waals surface area contributed by atoms with Gasteiger partial charge in [-0.05, 0) is 31.2 Å². The van der Waals surface area contributed by atoms with Crippen LogP contribution in [0.5, 0.6) is 0 Å². The van der Waals surface area contributed by atoms with Crippen molar-refractivity contribution >= 4 is 11.8 Å². The van der Waals surface area contributed by atoms with E-state index in [9.17, 15) is 14.0 Å². The standard InChI is InChI=1S/C17H19FN2O3/c1-2-19-17(22)11-20-16(21)10-8-12-7-9-15(23-12)13-5-3-4-6-14(13)18/h3-7,9H,2,8,10-11H2,1H3,(H,19,22)(H,20,21). The Kier molecular flexibility index (Phi) is 5.91. The summed E-state index contributed by atoms with van der Waals surface area (Å²) in [6.07, 6.45) is 0.583. The van der Waals surface area contributed by atoms with Crippen molar-refractivity contribution in [3.8, 4) is 11.3 Å². The number of rotatable bonds is 7. The van der Waals surface area contributed by atoms with Crippen LogP contribution in [0, 0.1) is 5.82 Å². The molecule has 23 heavy (non-hydrogen) atoms. The van der Waals surface area contributed by atoms with E-state index in [1.807, 2.05) is 6.92 Å². The third-order valence-electron chi connectivity index (χ3n) is 3.22. The van der Waals surface area contributed by atoms with E-state index in [4.69, 9.17) is 4.42 Å². The van der Waals surface area contributed by atoms with Crippen molar-refractivity contribution in [3.63, 3.8) is 0 Å². The molecule has 0 atom stereocenters. The fourth-order valence-electron chi connectivity index (χ4n) is 2.08. The number of carbonyl (C=O) groups excluding carboxylic acids is 2. The normalized spacial score (nSPS) is 10.3. The molecule has 2 N–H and O–H groups in total. The molecule has 1 aromatic carbocycles. The SMILES string of the molecule is CCNC(=O)CNC(=O)CCc1ccc(-c2ccccc2F)o1. The van der Waals surface area contributed by atoms with Gasteiger partial charge in [-0.2, -0.15) is 0 Å². The zero-order valence-corrected chi connectivity index (χ0v) is 12.9. The summed E-state index contributed by atoms with van der Waals surface area (Å²) in [5.41, 5.74) is 0.388. The minimum atomic E-state index is -0.354. The van der Waals surface area contributed by atoms with Gasteiger partial charge in [-0.15, -0.1) is 0 Å². The van der Waals surface area contributed by atoms with E-state index >= 15 is 0 Å².